The van der Waals surface area contributed by atoms with E-state index in [0.29, 0.717) is 19.3 Å². The molecule has 2 rings (SSSR count). The second kappa shape index (κ2) is 7.22. The zero-order chi connectivity index (χ0) is 14.4. The van der Waals surface area contributed by atoms with Gasteiger partial charge in [0.25, 0.3) is 0 Å². The van der Waals surface area contributed by atoms with E-state index in [1.165, 1.54) is 0 Å². The van der Waals surface area contributed by atoms with Crippen LogP contribution in [0.5, 0.6) is 5.75 Å². The fourth-order valence-electron chi connectivity index (χ4n) is 1.95. The van der Waals surface area contributed by atoms with E-state index in [1.807, 2.05) is 30.3 Å². The third-order valence-corrected chi connectivity index (χ3v) is 2.97. The number of rotatable bonds is 7. The summed E-state index contributed by atoms with van der Waals surface area (Å²) in [5.74, 6) is 0.869. The summed E-state index contributed by atoms with van der Waals surface area (Å²) < 4.78 is 10.8. The van der Waals surface area contributed by atoms with E-state index in [4.69, 9.17) is 9.47 Å². The number of benzene rings is 1. The van der Waals surface area contributed by atoms with Crippen molar-refractivity contribution >= 4 is 10.9 Å². The van der Waals surface area contributed by atoms with E-state index in [9.17, 15) is 0 Å². The standard InChI is InChI=1S/C16H22N2O2/c1-12(2)17-11-13-10-16(20-9-8-19-3)14-6-4-5-7-15(14)18-13/h4-7,10,12,17H,8-9,11H2,1-3H3. The average Bonchev–Trinajstić information content (AvgIpc) is 2.45. The summed E-state index contributed by atoms with van der Waals surface area (Å²) in [6.07, 6.45) is 0. The number of ether oxygens (including phenoxy) is 2. The van der Waals surface area contributed by atoms with E-state index in [2.05, 4.69) is 24.1 Å². The SMILES string of the molecule is COCCOc1cc(CNC(C)C)nc2ccccc12. The minimum atomic E-state index is 0.432. The molecule has 0 unspecified atom stereocenters. The lowest BCUT2D eigenvalue weighted by atomic mass is 10.2. The number of methoxy groups -OCH3 is 1. The van der Waals surface area contributed by atoms with Gasteiger partial charge in [0.15, 0.2) is 0 Å². The van der Waals surface area contributed by atoms with Crippen molar-refractivity contribution in [1.29, 1.82) is 0 Å². The molecule has 2 aromatic rings. The van der Waals surface area contributed by atoms with Crippen molar-refractivity contribution in [3.63, 3.8) is 0 Å². The van der Waals surface area contributed by atoms with Gasteiger partial charge in [0.2, 0.25) is 0 Å². The molecule has 108 valence electrons. The van der Waals surface area contributed by atoms with E-state index >= 15 is 0 Å². The number of hydrogen-bond donors (Lipinski definition) is 1. The zero-order valence-corrected chi connectivity index (χ0v) is 12.3. The highest BCUT2D eigenvalue weighted by Gasteiger charge is 2.07. The maximum Gasteiger partial charge on any atom is 0.130 e. The number of para-hydroxylation sites is 1. The summed E-state index contributed by atoms with van der Waals surface area (Å²) in [4.78, 5) is 4.66. The van der Waals surface area contributed by atoms with Crippen LogP contribution in [0.15, 0.2) is 30.3 Å². The topological polar surface area (TPSA) is 43.4 Å². The maximum atomic E-state index is 5.81. The molecule has 0 amide bonds. The first kappa shape index (κ1) is 14.8. The Morgan fingerprint density at radius 1 is 1.20 bits per heavy atom. The summed E-state index contributed by atoms with van der Waals surface area (Å²) in [5.41, 5.74) is 1.95. The predicted octanol–water partition coefficient (Wildman–Crippen LogP) is 2.76. The summed E-state index contributed by atoms with van der Waals surface area (Å²) in [7, 11) is 1.67. The van der Waals surface area contributed by atoms with Crippen LogP contribution in [-0.4, -0.2) is 31.3 Å². The number of hydrogen-bond acceptors (Lipinski definition) is 4. The molecular weight excluding hydrogens is 252 g/mol. The van der Waals surface area contributed by atoms with E-state index in [1.54, 1.807) is 7.11 Å². The van der Waals surface area contributed by atoms with Gasteiger partial charge in [0, 0.05) is 31.1 Å². The lowest BCUT2D eigenvalue weighted by Crippen LogP contribution is -2.22. The number of nitrogens with one attached hydrogen (secondary N) is 1. The number of pyridine rings is 1. The molecule has 20 heavy (non-hydrogen) atoms. The molecule has 0 radical (unpaired) electrons. The Bertz CT molecular complexity index is 555. The molecule has 0 aliphatic carbocycles. The molecule has 0 saturated carbocycles. The quantitative estimate of drug-likeness (QED) is 0.788. The molecule has 1 aromatic heterocycles. The Morgan fingerprint density at radius 3 is 2.75 bits per heavy atom. The lowest BCUT2D eigenvalue weighted by molar-refractivity contribution is 0.147. The third kappa shape index (κ3) is 3.92. The van der Waals surface area contributed by atoms with Gasteiger partial charge in [-0.05, 0) is 12.1 Å². The van der Waals surface area contributed by atoms with Crippen LogP contribution in [0.2, 0.25) is 0 Å². The van der Waals surface area contributed by atoms with E-state index < -0.39 is 0 Å². The highest BCUT2D eigenvalue weighted by molar-refractivity contribution is 5.85. The number of fused-ring (bicyclic) bond motifs is 1. The van der Waals surface area contributed by atoms with Crippen molar-refractivity contribution in [3.05, 3.63) is 36.0 Å². The van der Waals surface area contributed by atoms with Crippen LogP contribution in [0.1, 0.15) is 19.5 Å². The van der Waals surface area contributed by atoms with Crippen molar-refractivity contribution < 1.29 is 9.47 Å². The Morgan fingerprint density at radius 2 is 2.00 bits per heavy atom. The molecule has 0 aliphatic heterocycles. The molecule has 4 heteroatoms. The van der Waals surface area contributed by atoms with Gasteiger partial charge in [-0.25, -0.2) is 0 Å². The second-order valence-corrected chi connectivity index (χ2v) is 5.01. The fraction of sp³-hybridized carbons (Fsp3) is 0.438. The monoisotopic (exact) mass is 274 g/mol. The fourth-order valence-corrected chi connectivity index (χ4v) is 1.95. The molecule has 0 atom stereocenters. The van der Waals surface area contributed by atoms with Crippen molar-refractivity contribution in [2.75, 3.05) is 20.3 Å². The van der Waals surface area contributed by atoms with Crippen LogP contribution in [0, 0.1) is 0 Å². The van der Waals surface area contributed by atoms with Crippen LogP contribution >= 0.6 is 0 Å². The highest BCUT2D eigenvalue weighted by Crippen LogP contribution is 2.25. The van der Waals surface area contributed by atoms with Gasteiger partial charge in [-0.1, -0.05) is 26.0 Å². The third-order valence-electron chi connectivity index (χ3n) is 2.97. The van der Waals surface area contributed by atoms with Gasteiger partial charge in [0.1, 0.15) is 12.4 Å². The molecule has 0 fully saturated rings. The van der Waals surface area contributed by atoms with E-state index in [-0.39, 0.29) is 0 Å². The first-order chi connectivity index (χ1) is 9.70. The number of nitrogens with zero attached hydrogens (tertiary/aromatic N) is 1. The van der Waals surface area contributed by atoms with Gasteiger partial charge >= 0.3 is 0 Å². The van der Waals surface area contributed by atoms with Crippen molar-refractivity contribution in [2.24, 2.45) is 0 Å². The Hall–Kier alpha value is -1.65. The minimum absolute atomic E-state index is 0.432. The molecule has 1 N–H and O–H groups in total. The average molecular weight is 274 g/mol. The minimum Gasteiger partial charge on any atom is -0.490 e. The van der Waals surface area contributed by atoms with Gasteiger partial charge in [-0.15, -0.1) is 0 Å². The molecule has 1 aromatic carbocycles. The van der Waals surface area contributed by atoms with Gasteiger partial charge in [-0.3, -0.25) is 4.98 Å². The molecule has 4 nitrogen and oxygen atoms in total. The molecule has 0 saturated heterocycles. The lowest BCUT2D eigenvalue weighted by Gasteiger charge is -2.12. The van der Waals surface area contributed by atoms with Gasteiger partial charge in [0.05, 0.1) is 17.8 Å². The van der Waals surface area contributed by atoms with Crippen LogP contribution in [0.3, 0.4) is 0 Å². The summed E-state index contributed by atoms with van der Waals surface area (Å²) in [6, 6.07) is 10.5. The largest absolute Gasteiger partial charge is 0.490 e. The van der Waals surface area contributed by atoms with Gasteiger partial charge < -0.3 is 14.8 Å². The van der Waals surface area contributed by atoms with Crippen molar-refractivity contribution in [3.8, 4) is 5.75 Å². The summed E-state index contributed by atoms with van der Waals surface area (Å²) in [5, 5.41) is 4.42. The Labute approximate surface area is 120 Å². The zero-order valence-electron chi connectivity index (χ0n) is 12.3. The van der Waals surface area contributed by atoms with Crippen LogP contribution < -0.4 is 10.1 Å². The normalized spacial score (nSPS) is 11.2. The van der Waals surface area contributed by atoms with Crippen LogP contribution in [0.4, 0.5) is 0 Å². The van der Waals surface area contributed by atoms with Crippen molar-refractivity contribution in [1.82, 2.24) is 10.3 Å². The summed E-state index contributed by atoms with van der Waals surface area (Å²) in [6.45, 7) is 6.11. The maximum absolute atomic E-state index is 5.81. The molecule has 1 heterocycles. The second-order valence-electron chi connectivity index (χ2n) is 5.01. The summed E-state index contributed by atoms with van der Waals surface area (Å²) >= 11 is 0. The Balaban J connectivity index is 2.26. The predicted molar refractivity (Wildman–Crippen MR) is 81.1 cm³/mol. The smallest absolute Gasteiger partial charge is 0.130 e. The van der Waals surface area contributed by atoms with Gasteiger partial charge in [-0.2, -0.15) is 0 Å². The highest BCUT2D eigenvalue weighted by atomic mass is 16.5. The first-order valence-corrected chi connectivity index (χ1v) is 6.94. The van der Waals surface area contributed by atoms with E-state index in [0.717, 1.165) is 28.9 Å². The molecular formula is C16H22N2O2. The molecule has 0 bridgehead atoms. The first-order valence-electron chi connectivity index (χ1n) is 6.94. The van der Waals surface area contributed by atoms with Crippen LogP contribution in [-0.2, 0) is 11.3 Å². The molecule has 0 aliphatic rings. The van der Waals surface area contributed by atoms with Crippen molar-refractivity contribution in [2.45, 2.75) is 26.4 Å². The van der Waals surface area contributed by atoms with Crippen LogP contribution in [0.25, 0.3) is 10.9 Å². The molecule has 0 spiro atoms. The number of aromatic nitrogens is 1. The Kier molecular flexibility index (Phi) is 5.32.